The van der Waals surface area contributed by atoms with Gasteiger partial charge in [-0.3, -0.25) is 4.79 Å². The predicted octanol–water partition coefficient (Wildman–Crippen LogP) is 1.42. The lowest BCUT2D eigenvalue weighted by atomic mass is 10.0. The number of rotatable bonds is 2. The number of nitrogens with zero attached hydrogens (tertiary/aromatic N) is 1. The Balaban J connectivity index is 2.30. The molecule has 1 aromatic carbocycles. The summed E-state index contributed by atoms with van der Waals surface area (Å²) in [4.78, 5) is 13.5. The van der Waals surface area contributed by atoms with Gasteiger partial charge < -0.3 is 15.4 Å². The normalized spacial score (nSPS) is 25.1. The molecule has 92 valence electrons. The first kappa shape index (κ1) is 12.4. The molecule has 4 nitrogen and oxygen atoms in total. The molecule has 5 heteroatoms. The Morgan fingerprint density at radius 2 is 2.24 bits per heavy atom. The molecule has 1 aliphatic heterocycles. The molecule has 1 atom stereocenters. The lowest BCUT2D eigenvalue weighted by molar-refractivity contribution is -0.135. The number of halogens is 1. The van der Waals surface area contributed by atoms with E-state index in [1.807, 2.05) is 25.1 Å². The Morgan fingerprint density at radius 3 is 2.88 bits per heavy atom. The third-order valence-corrected chi connectivity index (χ3v) is 3.23. The minimum atomic E-state index is -0.507. The predicted molar refractivity (Wildman–Crippen MR) is 67.2 cm³/mol. The maximum atomic E-state index is 11.9. The van der Waals surface area contributed by atoms with Crippen molar-refractivity contribution in [3.8, 4) is 0 Å². The molecule has 17 heavy (non-hydrogen) atoms. The fraction of sp³-hybridized carbons (Fsp3) is 0.417. The number of nitrogens with two attached hydrogens (primary N) is 1. The Bertz CT molecular complexity index is 438. The molecular weight excluding hydrogens is 240 g/mol. The standard InChI is InChI=1S/C12H15ClN2O2/c1-12(7-14)8-15(11(16)6-17-12)10-5-3-2-4-9(10)13/h2-5H,6-8,14H2,1H3. The number of amides is 1. The number of para-hydroxylation sites is 1. The number of benzene rings is 1. The summed E-state index contributed by atoms with van der Waals surface area (Å²) < 4.78 is 5.46. The minimum absolute atomic E-state index is 0.0406. The Hall–Kier alpha value is -1.10. The van der Waals surface area contributed by atoms with Crippen LogP contribution < -0.4 is 10.6 Å². The van der Waals surface area contributed by atoms with E-state index >= 15 is 0 Å². The number of morpholine rings is 1. The van der Waals surface area contributed by atoms with E-state index in [1.165, 1.54) is 0 Å². The Morgan fingerprint density at radius 1 is 1.53 bits per heavy atom. The van der Waals surface area contributed by atoms with E-state index in [-0.39, 0.29) is 12.5 Å². The van der Waals surface area contributed by atoms with E-state index in [4.69, 9.17) is 22.1 Å². The molecule has 1 fully saturated rings. The second-order valence-electron chi connectivity index (χ2n) is 4.37. The zero-order valence-corrected chi connectivity index (χ0v) is 10.4. The number of carbonyl (C=O) groups excluding carboxylic acids is 1. The highest BCUT2D eigenvalue weighted by Gasteiger charge is 2.36. The SMILES string of the molecule is CC1(CN)CN(c2ccccc2Cl)C(=O)CO1. The van der Waals surface area contributed by atoms with Crippen LogP contribution in [0.2, 0.25) is 5.02 Å². The number of hydrogen-bond donors (Lipinski definition) is 1. The summed E-state index contributed by atoms with van der Waals surface area (Å²) in [6.07, 6.45) is 0. The van der Waals surface area contributed by atoms with Crippen molar-refractivity contribution in [2.24, 2.45) is 5.73 Å². The van der Waals surface area contributed by atoms with Crippen LogP contribution in [0.5, 0.6) is 0 Å². The maximum absolute atomic E-state index is 11.9. The van der Waals surface area contributed by atoms with Crippen molar-refractivity contribution >= 4 is 23.2 Å². The summed E-state index contributed by atoms with van der Waals surface area (Å²) in [6.45, 7) is 2.72. The van der Waals surface area contributed by atoms with Crippen LogP contribution in [-0.4, -0.2) is 31.2 Å². The van der Waals surface area contributed by atoms with Crippen LogP contribution in [0.15, 0.2) is 24.3 Å². The van der Waals surface area contributed by atoms with E-state index in [1.54, 1.807) is 11.0 Å². The van der Waals surface area contributed by atoms with Gasteiger partial charge in [-0.1, -0.05) is 23.7 Å². The molecule has 1 unspecified atom stereocenters. The molecule has 2 N–H and O–H groups in total. The smallest absolute Gasteiger partial charge is 0.253 e. The molecule has 1 saturated heterocycles. The fourth-order valence-corrected chi connectivity index (χ4v) is 2.03. The summed E-state index contributed by atoms with van der Waals surface area (Å²) in [5, 5.41) is 0.558. The molecule has 1 aliphatic rings. The van der Waals surface area contributed by atoms with Crippen LogP contribution in [0.1, 0.15) is 6.92 Å². The van der Waals surface area contributed by atoms with Gasteiger partial charge in [0, 0.05) is 6.54 Å². The number of hydrogen-bond acceptors (Lipinski definition) is 3. The van der Waals surface area contributed by atoms with E-state index in [2.05, 4.69) is 0 Å². The first-order chi connectivity index (χ1) is 8.06. The third-order valence-electron chi connectivity index (χ3n) is 2.91. The van der Waals surface area contributed by atoms with Crippen molar-refractivity contribution in [2.45, 2.75) is 12.5 Å². The molecule has 0 spiro atoms. The van der Waals surface area contributed by atoms with Crippen molar-refractivity contribution in [3.63, 3.8) is 0 Å². The van der Waals surface area contributed by atoms with Crippen LogP contribution in [0.4, 0.5) is 5.69 Å². The highest BCUT2D eigenvalue weighted by molar-refractivity contribution is 6.33. The van der Waals surface area contributed by atoms with Crippen molar-refractivity contribution in [3.05, 3.63) is 29.3 Å². The molecule has 2 rings (SSSR count). The molecule has 1 heterocycles. The monoisotopic (exact) mass is 254 g/mol. The summed E-state index contributed by atoms with van der Waals surface area (Å²) in [5.74, 6) is -0.0935. The van der Waals surface area contributed by atoms with Crippen LogP contribution in [0.3, 0.4) is 0 Å². The van der Waals surface area contributed by atoms with Gasteiger partial charge in [0.25, 0.3) is 5.91 Å². The van der Waals surface area contributed by atoms with Crippen molar-refractivity contribution in [1.82, 2.24) is 0 Å². The molecule has 0 saturated carbocycles. The molecule has 0 radical (unpaired) electrons. The number of anilines is 1. The third kappa shape index (κ3) is 2.44. The van der Waals surface area contributed by atoms with Crippen LogP contribution >= 0.6 is 11.6 Å². The maximum Gasteiger partial charge on any atom is 0.253 e. The summed E-state index contributed by atoms with van der Waals surface area (Å²) in [7, 11) is 0. The second kappa shape index (κ2) is 4.64. The highest BCUT2D eigenvalue weighted by Crippen LogP contribution is 2.29. The largest absolute Gasteiger partial charge is 0.362 e. The van der Waals surface area contributed by atoms with Gasteiger partial charge in [0.2, 0.25) is 0 Å². The van der Waals surface area contributed by atoms with Crippen molar-refractivity contribution in [1.29, 1.82) is 0 Å². The molecule has 0 bridgehead atoms. The molecule has 0 aliphatic carbocycles. The Labute approximate surface area is 105 Å². The van der Waals surface area contributed by atoms with Gasteiger partial charge in [0.1, 0.15) is 6.61 Å². The van der Waals surface area contributed by atoms with Crippen molar-refractivity contribution < 1.29 is 9.53 Å². The molecule has 1 aromatic rings. The molecular formula is C12H15ClN2O2. The topological polar surface area (TPSA) is 55.6 Å². The van der Waals surface area contributed by atoms with Gasteiger partial charge in [-0.05, 0) is 19.1 Å². The lowest BCUT2D eigenvalue weighted by Gasteiger charge is -2.39. The average Bonchev–Trinajstić information content (AvgIpc) is 2.34. The minimum Gasteiger partial charge on any atom is -0.362 e. The zero-order chi connectivity index (χ0) is 12.5. The molecule has 0 aromatic heterocycles. The van der Waals surface area contributed by atoms with Gasteiger partial charge in [0.15, 0.2) is 0 Å². The van der Waals surface area contributed by atoms with Gasteiger partial charge >= 0.3 is 0 Å². The van der Waals surface area contributed by atoms with E-state index in [9.17, 15) is 4.79 Å². The summed E-state index contributed by atoms with van der Waals surface area (Å²) >= 11 is 6.09. The van der Waals surface area contributed by atoms with Gasteiger partial charge in [-0.25, -0.2) is 0 Å². The number of ether oxygens (including phenoxy) is 1. The van der Waals surface area contributed by atoms with E-state index in [0.29, 0.717) is 23.8 Å². The van der Waals surface area contributed by atoms with Crippen molar-refractivity contribution in [2.75, 3.05) is 24.6 Å². The summed E-state index contributed by atoms with van der Waals surface area (Å²) in [5.41, 5.74) is 5.87. The lowest BCUT2D eigenvalue weighted by Crippen LogP contribution is -2.56. The highest BCUT2D eigenvalue weighted by atomic mass is 35.5. The first-order valence-corrected chi connectivity index (χ1v) is 5.82. The summed E-state index contributed by atoms with van der Waals surface area (Å²) in [6, 6.07) is 7.27. The van der Waals surface area contributed by atoms with E-state index in [0.717, 1.165) is 0 Å². The second-order valence-corrected chi connectivity index (χ2v) is 4.78. The number of carbonyl (C=O) groups is 1. The Kier molecular flexibility index (Phi) is 3.38. The van der Waals surface area contributed by atoms with E-state index < -0.39 is 5.60 Å². The van der Waals surface area contributed by atoms with Crippen LogP contribution in [-0.2, 0) is 9.53 Å². The quantitative estimate of drug-likeness (QED) is 0.869. The van der Waals surface area contributed by atoms with Gasteiger partial charge in [-0.15, -0.1) is 0 Å². The fourth-order valence-electron chi connectivity index (χ4n) is 1.80. The molecule has 1 amide bonds. The first-order valence-electron chi connectivity index (χ1n) is 5.45. The van der Waals surface area contributed by atoms with Crippen LogP contribution in [0, 0.1) is 0 Å². The van der Waals surface area contributed by atoms with Gasteiger partial charge in [-0.2, -0.15) is 0 Å². The van der Waals surface area contributed by atoms with Gasteiger partial charge in [0.05, 0.1) is 22.9 Å². The van der Waals surface area contributed by atoms with Crippen LogP contribution in [0.25, 0.3) is 0 Å². The average molecular weight is 255 g/mol. The zero-order valence-electron chi connectivity index (χ0n) is 9.65.